The maximum absolute atomic E-state index is 13.2. The number of phenolic OH excluding ortho intramolecular Hbond substituents is 1. The van der Waals surface area contributed by atoms with Gasteiger partial charge in [0, 0.05) is 53.1 Å². The Balaban J connectivity index is 1.82. The highest BCUT2D eigenvalue weighted by Gasteiger charge is 2.33. The van der Waals surface area contributed by atoms with Crippen LogP contribution in [-0.4, -0.2) is 39.6 Å². The second-order valence-corrected chi connectivity index (χ2v) is 7.61. The molecule has 0 atom stereocenters. The SMILES string of the molecule is O=C1CNC(=O)C(C2=CNCc3ccccc32)=C1c1cn(CCO)c2ccc(O)cc12. The number of fused-ring (bicyclic) bond motifs is 2. The average molecular weight is 415 g/mol. The van der Waals surface area contributed by atoms with Crippen molar-refractivity contribution in [3.8, 4) is 5.75 Å². The predicted octanol–water partition coefficient (Wildman–Crippen LogP) is 1.94. The maximum atomic E-state index is 13.2. The van der Waals surface area contributed by atoms with Crippen LogP contribution in [0.3, 0.4) is 0 Å². The van der Waals surface area contributed by atoms with Gasteiger partial charge in [-0.05, 0) is 29.3 Å². The van der Waals surface area contributed by atoms with Crippen LogP contribution in [0.2, 0.25) is 0 Å². The van der Waals surface area contributed by atoms with E-state index in [9.17, 15) is 19.8 Å². The van der Waals surface area contributed by atoms with Gasteiger partial charge in [-0.2, -0.15) is 0 Å². The third-order valence-electron chi connectivity index (χ3n) is 5.76. The quantitative estimate of drug-likeness (QED) is 0.522. The number of aromatic nitrogens is 1. The Morgan fingerprint density at radius 2 is 1.84 bits per heavy atom. The summed E-state index contributed by atoms with van der Waals surface area (Å²) in [7, 11) is 0. The second kappa shape index (κ2) is 7.45. The number of carbonyl (C=O) groups excluding carboxylic acids is 2. The molecule has 0 spiro atoms. The van der Waals surface area contributed by atoms with Crippen molar-refractivity contribution in [2.75, 3.05) is 13.2 Å². The number of amides is 1. The highest BCUT2D eigenvalue weighted by Crippen LogP contribution is 2.39. The summed E-state index contributed by atoms with van der Waals surface area (Å²) >= 11 is 0. The number of Topliss-reactive ketones (excluding diaryl/α,β-unsaturated/α-hetero) is 1. The summed E-state index contributed by atoms with van der Waals surface area (Å²) in [4.78, 5) is 26.2. The molecular formula is C24H21N3O4. The van der Waals surface area contributed by atoms with Gasteiger partial charge < -0.3 is 25.4 Å². The van der Waals surface area contributed by atoms with Crippen LogP contribution in [0.25, 0.3) is 22.0 Å². The van der Waals surface area contributed by atoms with Gasteiger partial charge in [0.25, 0.3) is 5.91 Å². The number of carbonyl (C=O) groups is 2. The number of aromatic hydroxyl groups is 1. The lowest BCUT2D eigenvalue weighted by molar-refractivity contribution is -0.121. The number of rotatable bonds is 4. The highest BCUT2D eigenvalue weighted by molar-refractivity contribution is 6.36. The third kappa shape index (κ3) is 3.10. The number of hydrogen-bond acceptors (Lipinski definition) is 5. The van der Waals surface area contributed by atoms with Gasteiger partial charge in [0.05, 0.1) is 18.7 Å². The molecule has 0 radical (unpaired) electrons. The predicted molar refractivity (Wildman–Crippen MR) is 117 cm³/mol. The van der Waals surface area contributed by atoms with Crippen molar-refractivity contribution in [3.05, 3.63) is 77.1 Å². The van der Waals surface area contributed by atoms with Gasteiger partial charge in [0.2, 0.25) is 0 Å². The first-order chi connectivity index (χ1) is 15.1. The molecule has 0 fully saturated rings. The van der Waals surface area contributed by atoms with Crippen molar-refractivity contribution < 1.29 is 19.8 Å². The number of benzene rings is 2. The summed E-state index contributed by atoms with van der Waals surface area (Å²) in [6.07, 6.45) is 3.55. The van der Waals surface area contributed by atoms with Gasteiger partial charge in [-0.1, -0.05) is 24.3 Å². The third-order valence-corrected chi connectivity index (χ3v) is 5.76. The molecule has 0 saturated heterocycles. The van der Waals surface area contributed by atoms with E-state index >= 15 is 0 Å². The van der Waals surface area contributed by atoms with Crippen LogP contribution >= 0.6 is 0 Å². The topological polar surface area (TPSA) is 104 Å². The fourth-order valence-electron chi connectivity index (χ4n) is 4.39. The van der Waals surface area contributed by atoms with Crippen LogP contribution in [0.4, 0.5) is 0 Å². The van der Waals surface area contributed by atoms with E-state index in [0.29, 0.717) is 40.8 Å². The molecule has 0 unspecified atom stereocenters. The minimum absolute atomic E-state index is 0.0641. The standard InChI is InChI=1S/C24H21N3O4/c28-8-7-27-13-19(17-9-15(29)5-6-20(17)27)22-21(30)12-26-24(31)23(22)18-11-25-10-14-3-1-2-4-16(14)18/h1-6,9,11,13,25,28-29H,7-8,10,12H2,(H,26,31). The molecule has 0 bridgehead atoms. The zero-order chi connectivity index (χ0) is 21.5. The molecule has 0 aliphatic carbocycles. The van der Waals surface area contributed by atoms with Gasteiger partial charge >= 0.3 is 0 Å². The van der Waals surface area contributed by atoms with E-state index < -0.39 is 0 Å². The summed E-state index contributed by atoms with van der Waals surface area (Å²) in [6, 6.07) is 12.7. The van der Waals surface area contributed by atoms with Crippen LogP contribution in [-0.2, 0) is 22.7 Å². The maximum Gasteiger partial charge on any atom is 0.253 e. The molecule has 1 aromatic heterocycles. The van der Waals surface area contributed by atoms with Crippen molar-refractivity contribution in [2.24, 2.45) is 0 Å². The van der Waals surface area contributed by atoms with Gasteiger partial charge in [-0.3, -0.25) is 9.59 Å². The van der Waals surface area contributed by atoms with E-state index in [4.69, 9.17) is 0 Å². The Hall–Kier alpha value is -3.84. The molecular weight excluding hydrogens is 394 g/mol. The number of hydrogen-bond donors (Lipinski definition) is 4. The fraction of sp³-hybridized carbons (Fsp3) is 0.167. The monoisotopic (exact) mass is 415 g/mol. The molecule has 3 aromatic rings. The highest BCUT2D eigenvalue weighted by atomic mass is 16.3. The average Bonchev–Trinajstić information content (AvgIpc) is 3.12. The van der Waals surface area contributed by atoms with E-state index in [-0.39, 0.29) is 30.6 Å². The van der Waals surface area contributed by atoms with Gasteiger partial charge in [-0.25, -0.2) is 0 Å². The zero-order valence-electron chi connectivity index (χ0n) is 16.7. The van der Waals surface area contributed by atoms with Crippen molar-refractivity contribution in [1.82, 2.24) is 15.2 Å². The van der Waals surface area contributed by atoms with E-state index in [0.717, 1.165) is 16.6 Å². The van der Waals surface area contributed by atoms with Crippen molar-refractivity contribution in [2.45, 2.75) is 13.1 Å². The molecule has 7 nitrogen and oxygen atoms in total. The molecule has 5 rings (SSSR count). The number of phenols is 1. The Kier molecular flexibility index (Phi) is 4.60. The minimum atomic E-state index is -0.317. The van der Waals surface area contributed by atoms with Crippen LogP contribution in [0, 0.1) is 0 Å². The van der Waals surface area contributed by atoms with Crippen LogP contribution in [0.5, 0.6) is 5.75 Å². The van der Waals surface area contributed by atoms with Crippen LogP contribution < -0.4 is 10.6 Å². The molecule has 31 heavy (non-hydrogen) atoms. The summed E-state index contributed by atoms with van der Waals surface area (Å²) in [5, 5.41) is 26.1. The zero-order valence-corrected chi connectivity index (χ0v) is 16.7. The first-order valence-corrected chi connectivity index (χ1v) is 10.1. The summed E-state index contributed by atoms with van der Waals surface area (Å²) in [5.74, 6) is -0.457. The molecule has 2 aromatic carbocycles. The van der Waals surface area contributed by atoms with E-state index in [1.807, 2.05) is 28.8 Å². The smallest absolute Gasteiger partial charge is 0.253 e. The second-order valence-electron chi connectivity index (χ2n) is 7.61. The molecule has 1 amide bonds. The Morgan fingerprint density at radius 1 is 1.00 bits per heavy atom. The van der Waals surface area contributed by atoms with E-state index in [2.05, 4.69) is 10.6 Å². The Bertz CT molecular complexity index is 1300. The van der Waals surface area contributed by atoms with Crippen molar-refractivity contribution in [1.29, 1.82) is 0 Å². The molecule has 0 saturated carbocycles. The number of aliphatic hydroxyl groups is 1. The fourth-order valence-corrected chi connectivity index (χ4v) is 4.39. The van der Waals surface area contributed by atoms with Gasteiger partial charge in [0.1, 0.15) is 5.75 Å². The molecule has 2 aliphatic rings. The largest absolute Gasteiger partial charge is 0.508 e. The first-order valence-electron chi connectivity index (χ1n) is 10.1. The molecule has 156 valence electrons. The number of nitrogens with zero attached hydrogens (tertiary/aromatic N) is 1. The normalized spacial score (nSPS) is 16.1. The lowest BCUT2D eigenvalue weighted by Gasteiger charge is -2.25. The Morgan fingerprint density at radius 3 is 2.68 bits per heavy atom. The molecule has 2 aliphatic heterocycles. The van der Waals surface area contributed by atoms with Crippen LogP contribution in [0.1, 0.15) is 16.7 Å². The molecule has 7 heteroatoms. The number of nitrogens with one attached hydrogen (secondary N) is 2. The van der Waals surface area contributed by atoms with Crippen LogP contribution in [0.15, 0.2) is 60.4 Å². The van der Waals surface area contributed by atoms with Gasteiger partial charge in [-0.15, -0.1) is 0 Å². The minimum Gasteiger partial charge on any atom is -0.508 e. The summed E-state index contributed by atoms with van der Waals surface area (Å²) in [6.45, 7) is 0.803. The number of ketones is 1. The van der Waals surface area contributed by atoms with E-state index in [1.54, 1.807) is 30.6 Å². The molecule has 3 heterocycles. The summed E-state index contributed by atoms with van der Waals surface area (Å²) in [5.41, 5.74) is 4.56. The lowest BCUT2D eigenvalue weighted by Crippen LogP contribution is -2.38. The number of aliphatic hydroxyl groups excluding tert-OH is 1. The van der Waals surface area contributed by atoms with Gasteiger partial charge in [0.15, 0.2) is 5.78 Å². The molecule has 4 N–H and O–H groups in total. The lowest BCUT2D eigenvalue weighted by atomic mass is 9.84. The Labute approximate surface area is 178 Å². The summed E-state index contributed by atoms with van der Waals surface area (Å²) < 4.78 is 1.83. The van der Waals surface area contributed by atoms with Crippen molar-refractivity contribution in [3.63, 3.8) is 0 Å². The van der Waals surface area contributed by atoms with Crippen molar-refractivity contribution >= 4 is 33.7 Å². The van der Waals surface area contributed by atoms with E-state index in [1.165, 1.54) is 0 Å². The first kappa shape index (κ1) is 19.1.